The summed E-state index contributed by atoms with van der Waals surface area (Å²) in [6.07, 6.45) is 5.72. The number of carbonyl (C=O) groups excluding carboxylic acids is 1. The van der Waals surface area contributed by atoms with Crippen molar-refractivity contribution in [2.75, 3.05) is 13.1 Å². The fourth-order valence-corrected chi connectivity index (χ4v) is 3.83. The molecular weight excluding hydrogens is 332 g/mol. The van der Waals surface area contributed by atoms with Crippen LogP contribution < -0.4 is 5.32 Å². The van der Waals surface area contributed by atoms with Gasteiger partial charge in [0, 0.05) is 31.4 Å². The summed E-state index contributed by atoms with van der Waals surface area (Å²) < 4.78 is 5.29. The van der Waals surface area contributed by atoms with E-state index in [4.69, 9.17) is 4.52 Å². The number of β-amino-alcohol motifs (C(OH)–C–C–N with tert-alkyl or cyclic N) is 1. The lowest BCUT2D eigenvalue weighted by molar-refractivity contribution is 0.0337. The lowest BCUT2D eigenvalue weighted by Crippen LogP contribution is -2.53. The Hall–Kier alpha value is -2.25. The number of hydrogen-bond acceptors (Lipinski definition) is 6. The molecule has 1 aliphatic heterocycles. The van der Waals surface area contributed by atoms with Crippen LogP contribution in [0, 0.1) is 0 Å². The fraction of sp³-hybridized carbons (Fsp3) is 0.526. The van der Waals surface area contributed by atoms with Crippen LogP contribution in [0.25, 0.3) is 0 Å². The Kier molecular flexibility index (Phi) is 4.99. The van der Waals surface area contributed by atoms with Gasteiger partial charge in [-0.3, -0.25) is 14.7 Å². The second-order valence-electron chi connectivity index (χ2n) is 7.14. The number of aryl methyl sites for hydroxylation is 1. The Morgan fingerprint density at radius 1 is 1.35 bits per heavy atom. The number of carbonyl (C=O) groups is 1. The van der Waals surface area contributed by atoms with Crippen LogP contribution in [0.1, 0.15) is 46.8 Å². The molecule has 2 N–H and O–H groups in total. The van der Waals surface area contributed by atoms with Crippen LogP contribution >= 0.6 is 0 Å². The molecule has 0 radical (unpaired) electrons. The van der Waals surface area contributed by atoms with Crippen molar-refractivity contribution in [1.82, 2.24) is 20.4 Å². The summed E-state index contributed by atoms with van der Waals surface area (Å²) in [5, 5.41) is 17.5. The van der Waals surface area contributed by atoms with E-state index in [0.717, 1.165) is 49.2 Å². The number of fused-ring (bicyclic) bond motifs is 1. The van der Waals surface area contributed by atoms with Crippen molar-refractivity contribution in [1.29, 1.82) is 0 Å². The van der Waals surface area contributed by atoms with Gasteiger partial charge in [-0.25, -0.2) is 0 Å². The van der Waals surface area contributed by atoms with Crippen LogP contribution in [0.2, 0.25) is 0 Å². The minimum Gasteiger partial charge on any atom is -0.390 e. The Morgan fingerprint density at radius 2 is 2.23 bits per heavy atom. The van der Waals surface area contributed by atoms with E-state index in [9.17, 15) is 9.90 Å². The molecule has 0 aromatic carbocycles. The molecule has 1 fully saturated rings. The summed E-state index contributed by atoms with van der Waals surface area (Å²) in [5.41, 5.74) is 2.83. The van der Waals surface area contributed by atoms with E-state index in [2.05, 4.69) is 20.4 Å². The van der Waals surface area contributed by atoms with Gasteiger partial charge in [0.15, 0.2) is 0 Å². The quantitative estimate of drug-likeness (QED) is 0.858. The molecule has 1 aliphatic carbocycles. The minimum atomic E-state index is -0.616. The Balaban J connectivity index is 1.35. The number of amides is 1. The standard InChI is InChI=1S/C19H24N4O3/c24-17-12-23(11-13-5-3-4-9-20-13)10-8-16(17)21-19(25)18-14-6-1-2-7-15(14)22-26-18/h3-5,9,16-17,24H,1-2,6-8,10-12H2,(H,21,25)/t16-,17-/m1/s1. The molecule has 2 aromatic rings. The number of aliphatic hydroxyl groups excluding tert-OH is 1. The zero-order valence-electron chi connectivity index (χ0n) is 14.7. The van der Waals surface area contributed by atoms with Crippen molar-refractivity contribution in [2.24, 2.45) is 0 Å². The van der Waals surface area contributed by atoms with Gasteiger partial charge in [-0.1, -0.05) is 11.2 Å². The first kappa shape index (κ1) is 17.2. The monoisotopic (exact) mass is 356 g/mol. The molecule has 0 bridgehead atoms. The second kappa shape index (κ2) is 7.55. The van der Waals surface area contributed by atoms with E-state index in [1.54, 1.807) is 6.20 Å². The zero-order valence-corrected chi connectivity index (χ0v) is 14.7. The highest BCUT2D eigenvalue weighted by Crippen LogP contribution is 2.24. The van der Waals surface area contributed by atoms with Crippen LogP contribution in [0.5, 0.6) is 0 Å². The molecule has 2 atom stereocenters. The SMILES string of the molecule is O=C(N[C@@H]1CCN(Cc2ccccn2)C[C@H]1O)c1onc2c1CCCC2. The van der Waals surface area contributed by atoms with Gasteiger partial charge in [-0.15, -0.1) is 0 Å². The average Bonchev–Trinajstić information content (AvgIpc) is 3.09. The highest BCUT2D eigenvalue weighted by molar-refractivity contribution is 5.93. The van der Waals surface area contributed by atoms with Crippen LogP contribution in [0.4, 0.5) is 0 Å². The molecule has 7 nitrogen and oxygen atoms in total. The van der Waals surface area contributed by atoms with E-state index in [-0.39, 0.29) is 11.9 Å². The Bertz CT molecular complexity index is 761. The van der Waals surface area contributed by atoms with Gasteiger partial charge >= 0.3 is 0 Å². The maximum atomic E-state index is 12.6. The first-order valence-corrected chi connectivity index (χ1v) is 9.29. The van der Waals surface area contributed by atoms with Crippen LogP contribution in [0.3, 0.4) is 0 Å². The minimum absolute atomic E-state index is 0.261. The molecule has 1 saturated heterocycles. The highest BCUT2D eigenvalue weighted by atomic mass is 16.5. The Morgan fingerprint density at radius 3 is 3.04 bits per heavy atom. The second-order valence-corrected chi connectivity index (χ2v) is 7.14. The van der Waals surface area contributed by atoms with E-state index < -0.39 is 6.10 Å². The van der Waals surface area contributed by atoms with Crippen LogP contribution in [-0.2, 0) is 19.4 Å². The molecule has 2 aliphatic rings. The third kappa shape index (κ3) is 3.64. The lowest BCUT2D eigenvalue weighted by Gasteiger charge is -2.35. The number of hydrogen-bond donors (Lipinski definition) is 2. The van der Waals surface area contributed by atoms with Gasteiger partial charge in [-0.2, -0.15) is 0 Å². The normalized spacial score (nSPS) is 23.4. The molecule has 4 rings (SSSR count). The lowest BCUT2D eigenvalue weighted by atomic mass is 9.95. The molecule has 26 heavy (non-hydrogen) atoms. The van der Waals surface area contributed by atoms with Gasteiger partial charge in [0.25, 0.3) is 5.91 Å². The third-order valence-corrected chi connectivity index (χ3v) is 5.26. The predicted molar refractivity (Wildman–Crippen MR) is 94.5 cm³/mol. The summed E-state index contributed by atoms with van der Waals surface area (Å²) in [7, 11) is 0. The summed E-state index contributed by atoms with van der Waals surface area (Å²) in [6, 6.07) is 5.56. The van der Waals surface area contributed by atoms with E-state index >= 15 is 0 Å². The van der Waals surface area contributed by atoms with Gasteiger partial charge in [-0.05, 0) is 44.2 Å². The molecule has 0 saturated carbocycles. The molecule has 138 valence electrons. The molecule has 0 spiro atoms. The largest absolute Gasteiger partial charge is 0.390 e. The number of likely N-dealkylation sites (tertiary alicyclic amines) is 1. The van der Waals surface area contributed by atoms with Crippen molar-refractivity contribution in [2.45, 2.75) is 50.8 Å². The highest BCUT2D eigenvalue weighted by Gasteiger charge is 2.31. The number of aliphatic hydroxyl groups is 1. The van der Waals surface area contributed by atoms with Crippen molar-refractivity contribution >= 4 is 5.91 Å². The number of piperidine rings is 1. The molecule has 1 amide bonds. The third-order valence-electron chi connectivity index (χ3n) is 5.26. The number of rotatable bonds is 4. The van der Waals surface area contributed by atoms with E-state index in [1.807, 2.05) is 18.2 Å². The van der Waals surface area contributed by atoms with Gasteiger partial charge in [0.1, 0.15) is 0 Å². The topological polar surface area (TPSA) is 91.5 Å². The van der Waals surface area contributed by atoms with Crippen LogP contribution in [-0.4, -0.2) is 51.3 Å². The summed E-state index contributed by atoms with van der Waals surface area (Å²) in [5.74, 6) is 0.0608. The summed E-state index contributed by atoms with van der Waals surface area (Å²) >= 11 is 0. The van der Waals surface area contributed by atoms with Gasteiger partial charge < -0.3 is 14.9 Å². The van der Waals surface area contributed by atoms with Gasteiger partial charge in [0.05, 0.1) is 23.5 Å². The van der Waals surface area contributed by atoms with Gasteiger partial charge in [0.2, 0.25) is 5.76 Å². The summed E-state index contributed by atoms with van der Waals surface area (Å²) in [6.45, 7) is 2.01. The number of nitrogens with one attached hydrogen (secondary N) is 1. The smallest absolute Gasteiger partial charge is 0.290 e. The maximum absolute atomic E-state index is 12.6. The first-order chi connectivity index (χ1) is 12.7. The fourth-order valence-electron chi connectivity index (χ4n) is 3.83. The average molecular weight is 356 g/mol. The van der Waals surface area contributed by atoms with Crippen molar-refractivity contribution in [3.8, 4) is 0 Å². The maximum Gasteiger partial charge on any atom is 0.290 e. The molecule has 2 aromatic heterocycles. The number of nitrogens with zero attached hydrogens (tertiary/aromatic N) is 3. The van der Waals surface area contributed by atoms with Crippen molar-refractivity contribution in [3.05, 3.63) is 47.1 Å². The molecule has 0 unspecified atom stereocenters. The molecular formula is C19H24N4O3. The molecule has 7 heteroatoms. The number of aromatic nitrogens is 2. The van der Waals surface area contributed by atoms with E-state index in [1.165, 1.54) is 0 Å². The predicted octanol–water partition coefficient (Wildman–Crippen LogP) is 1.31. The summed E-state index contributed by atoms with van der Waals surface area (Å²) in [4.78, 5) is 19.1. The van der Waals surface area contributed by atoms with Crippen molar-refractivity contribution < 1.29 is 14.4 Å². The van der Waals surface area contributed by atoms with Crippen molar-refractivity contribution in [3.63, 3.8) is 0 Å². The van der Waals surface area contributed by atoms with Crippen LogP contribution in [0.15, 0.2) is 28.9 Å². The molecule has 3 heterocycles. The Labute approximate surface area is 152 Å². The number of pyridine rings is 1. The zero-order chi connectivity index (χ0) is 17.9. The first-order valence-electron chi connectivity index (χ1n) is 9.29. The van der Waals surface area contributed by atoms with E-state index in [0.29, 0.717) is 25.3 Å².